The molecule has 0 radical (unpaired) electrons. The van der Waals surface area contributed by atoms with E-state index in [-0.39, 0.29) is 16.8 Å². The van der Waals surface area contributed by atoms with E-state index in [1.165, 1.54) is 89.9 Å². The van der Waals surface area contributed by atoms with Crippen LogP contribution in [0.5, 0.6) is 0 Å². The van der Waals surface area contributed by atoms with Crippen molar-refractivity contribution in [1.82, 2.24) is 10.6 Å². The largest absolute Gasteiger partial charge is 3.00 e. The molecule has 34 heavy (non-hydrogen) atoms. The number of rotatable bonds is 18. The van der Waals surface area contributed by atoms with Crippen molar-refractivity contribution in [3.63, 3.8) is 0 Å². The number of hydrogen-bond acceptors (Lipinski definition) is 6. The Kier molecular flexibility index (Phi) is 47.6. The third kappa shape index (κ3) is 54.0. The summed E-state index contributed by atoms with van der Waals surface area (Å²) in [5.41, 5.74) is 0. The van der Waals surface area contributed by atoms with Gasteiger partial charge < -0.3 is 65.7 Å². The van der Waals surface area contributed by atoms with E-state index in [9.17, 15) is 0 Å². The molecule has 0 unspecified atom stereocenters. The summed E-state index contributed by atoms with van der Waals surface area (Å²) in [5, 5.41) is 5.99. The number of aliphatic imine (C=N–C) groups is 1. The average molecular weight is 630 g/mol. The minimum Gasteiger partial charge on any atom is -0.789 e. The zero-order valence-electron chi connectivity index (χ0n) is 21.5. The molecular formula is C24H48CoN3S6. The van der Waals surface area contributed by atoms with Crippen molar-refractivity contribution in [1.29, 1.82) is 0 Å². The predicted molar refractivity (Wildman–Crippen MR) is 171 cm³/mol. The maximum Gasteiger partial charge on any atom is 3.00 e. The van der Waals surface area contributed by atoms with E-state index >= 15 is 0 Å². The fraction of sp³-hybridized carbons (Fsp3) is 0.875. The van der Waals surface area contributed by atoms with Gasteiger partial charge in [-0.3, -0.25) is 0 Å². The van der Waals surface area contributed by atoms with Crippen LogP contribution in [0.15, 0.2) is 4.99 Å². The van der Waals surface area contributed by atoms with E-state index < -0.39 is 0 Å². The van der Waals surface area contributed by atoms with Crippen molar-refractivity contribution in [3.8, 4) is 0 Å². The van der Waals surface area contributed by atoms with Crippen LogP contribution in [0.25, 0.3) is 0 Å². The third-order valence-electron chi connectivity index (χ3n) is 4.61. The van der Waals surface area contributed by atoms with Gasteiger partial charge in [-0.2, -0.15) is 0 Å². The quantitative estimate of drug-likeness (QED) is 0.0361. The van der Waals surface area contributed by atoms with Gasteiger partial charge in [0.05, 0.1) is 0 Å². The first kappa shape index (κ1) is 42.1. The van der Waals surface area contributed by atoms with Gasteiger partial charge in [-0.1, -0.05) is 114 Å². The first-order chi connectivity index (χ1) is 15.8. The Morgan fingerprint density at radius 1 is 0.647 bits per heavy atom. The molecule has 0 spiro atoms. The molecule has 0 fully saturated rings. The van der Waals surface area contributed by atoms with Gasteiger partial charge in [-0.05, 0) is 19.3 Å². The third-order valence-corrected chi connectivity index (χ3v) is 5.46. The first-order valence-corrected chi connectivity index (χ1v) is 15.1. The van der Waals surface area contributed by atoms with E-state index in [2.05, 4.69) is 74.3 Å². The predicted octanol–water partition coefficient (Wildman–Crippen LogP) is 7.54. The zero-order valence-corrected chi connectivity index (χ0v) is 27.5. The van der Waals surface area contributed by atoms with Gasteiger partial charge in [0, 0.05) is 19.6 Å². The monoisotopic (exact) mass is 629 g/mol. The van der Waals surface area contributed by atoms with Crippen LogP contribution in [-0.4, -0.2) is 32.7 Å². The fourth-order valence-electron chi connectivity index (χ4n) is 2.73. The van der Waals surface area contributed by atoms with Gasteiger partial charge in [0.1, 0.15) is 4.32 Å². The summed E-state index contributed by atoms with van der Waals surface area (Å²) in [5.74, 6) is 0. The number of thiol groups is 1. The molecule has 0 aromatic heterocycles. The molecule has 0 aromatic rings. The van der Waals surface area contributed by atoms with Crippen molar-refractivity contribution < 1.29 is 16.8 Å². The van der Waals surface area contributed by atoms with E-state index in [4.69, 9.17) is 37.1 Å². The van der Waals surface area contributed by atoms with Crippen molar-refractivity contribution >= 4 is 88.0 Å². The Bertz CT molecular complexity index is 424. The molecule has 0 aliphatic carbocycles. The number of hydrogen-bond donors (Lipinski definition) is 3. The summed E-state index contributed by atoms with van der Waals surface area (Å²) < 4.78 is 1.49. The SMILES string of the molecule is CCCCCCCN=C([S-])[S-].CCCCCCCNC(=S)S.CCCCCCCNC(=S)[S-].[Co+3]. The summed E-state index contributed by atoms with van der Waals surface area (Å²) in [6.45, 7) is 9.41. The molecule has 0 aliphatic rings. The van der Waals surface area contributed by atoms with Gasteiger partial charge in [0.15, 0.2) is 0 Å². The summed E-state index contributed by atoms with van der Waals surface area (Å²) in [6, 6.07) is 0. The second kappa shape index (κ2) is 38.5. The summed E-state index contributed by atoms with van der Waals surface area (Å²) in [7, 11) is 0. The molecule has 0 amide bonds. The molecule has 2 N–H and O–H groups in total. The summed E-state index contributed by atoms with van der Waals surface area (Å²) in [4.78, 5) is 3.97. The van der Waals surface area contributed by atoms with Crippen LogP contribution in [0.1, 0.15) is 117 Å². The maximum atomic E-state index is 4.75. The van der Waals surface area contributed by atoms with E-state index in [1.54, 1.807) is 0 Å². The van der Waals surface area contributed by atoms with Gasteiger partial charge in [0.25, 0.3) is 0 Å². The topological polar surface area (TPSA) is 36.4 Å². The summed E-state index contributed by atoms with van der Waals surface area (Å²) in [6.07, 6.45) is 19.3. The van der Waals surface area contributed by atoms with Crippen molar-refractivity contribution in [2.24, 2.45) is 4.99 Å². The molecule has 0 bridgehead atoms. The van der Waals surface area contributed by atoms with Crippen LogP contribution in [0.3, 0.4) is 0 Å². The Morgan fingerprint density at radius 2 is 1.03 bits per heavy atom. The van der Waals surface area contributed by atoms with Crippen molar-refractivity contribution in [2.45, 2.75) is 117 Å². The molecular weight excluding hydrogens is 582 g/mol. The number of unbranched alkanes of at least 4 members (excludes halogenated alkanes) is 12. The van der Waals surface area contributed by atoms with E-state index in [1.807, 2.05) is 0 Å². The van der Waals surface area contributed by atoms with Crippen molar-refractivity contribution in [3.05, 3.63) is 0 Å². The molecule has 0 saturated heterocycles. The second-order valence-corrected chi connectivity index (χ2v) is 11.1. The van der Waals surface area contributed by atoms with Crippen LogP contribution in [0, 0.1) is 0 Å². The van der Waals surface area contributed by atoms with E-state index in [0.29, 0.717) is 13.0 Å². The molecule has 3 nitrogen and oxygen atoms in total. The van der Waals surface area contributed by atoms with Gasteiger partial charge in [-0.25, -0.2) is 4.38 Å². The van der Waals surface area contributed by atoms with Gasteiger partial charge in [0.2, 0.25) is 0 Å². The molecule has 0 aromatic carbocycles. The minimum absolute atomic E-state index is 0. The molecule has 0 atom stereocenters. The van der Waals surface area contributed by atoms with Crippen LogP contribution >= 0.6 is 37.1 Å². The van der Waals surface area contributed by atoms with E-state index in [0.717, 1.165) is 26.1 Å². The second-order valence-electron chi connectivity index (χ2n) is 7.84. The number of thiocarbonyl (C=S) groups is 2. The normalized spacial score (nSPS) is 9.29. The standard InChI is InChI=1S/3C8H17NS2.Co/c3*1-2-3-4-5-6-7-9-8(10)11;/h3*2-7H2,1H3,(H2,9,10,11);/q;;;+3/p-3. The Hall–Kier alpha value is 0.966. The minimum atomic E-state index is 0. The maximum absolute atomic E-state index is 4.75. The number of nitrogens with one attached hydrogen (secondary N) is 2. The molecule has 204 valence electrons. The van der Waals surface area contributed by atoms with Crippen LogP contribution in [0.2, 0.25) is 0 Å². The van der Waals surface area contributed by atoms with Crippen LogP contribution in [-0.2, 0) is 54.7 Å². The van der Waals surface area contributed by atoms with Crippen molar-refractivity contribution in [2.75, 3.05) is 19.6 Å². The van der Waals surface area contributed by atoms with Gasteiger partial charge >= 0.3 is 16.8 Å². The number of nitrogens with zero attached hydrogens (tertiary/aromatic N) is 1. The Labute approximate surface area is 255 Å². The van der Waals surface area contributed by atoms with Gasteiger partial charge in [-0.15, -0.1) is 12.6 Å². The zero-order chi connectivity index (χ0) is 25.6. The Morgan fingerprint density at radius 3 is 1.38 bits per heavy atom. The van der Waals surface area contributed by atoms with Crippen LogP contribution in [0.4, 0.5) is 0 Å². The molecule has 0 heterocycles. The summed E-state index contributed by atoms with van der Waals surface area (Å²) >= 11 is 27.4. The smallest absolute Gasteiger partial charge is 0.789 e. The average Bonchev–Trinajstić information content (AvgIpc) is 2.76. The molecule has 0 rings (SSSR count). The first-order valence-electron chi connectivity index (χ1n) is 12.6. The Balaban J connectivity index is -0.000000196. The van der Waals surface area contributed by atoms with Crippen LogP contribution < -0.4 is 10.6 Å². The molecule has 0 saturated carbocycles. The molecule has 10 heteroatoms. The molecule has 0 aliphatic heterocycles. The fourth-order valence-corrected chi connectivity index (χ4v) is 3.33.